The highest BCUT2D eigenvalue weighted by molar-refractivity contribution is 9.10. The SMILES string of the molecule is CCN(CC)CCCn1c(=O)/c(=C/c2ccccc2O)s/c1=C1/C(=O)Nc2ccc(Br)cc21. The summed E-state index contributed by atoms with van der Waals surface area (Å²) in [6, 6.07) is 12.6. The summed E-state index contributed by atoms with van der Waals surface area (Å²) in [4.78, 5) is 28.7. The van der Waals surface area contributed by atoms with Crippen molar-refractivity contribution in [3.05, 3.63) is 77.6 Å². The number of benzene rings is 2. The molecule has 0 spiro atoms. The van der Waals surface area contributed by atoms with Crippen molar-refractivity contribution >= 4 is 50.5 Å². The van der Waals surface area contributed by atoms with E-state index in [1.807, 2.05) is 24.3 Å². The number of phenolic OH excluding ortho intramolecular Hbond substituents is 1. The number of fused-ring (bicyclic) bond motifs is 1. The Bertz CT molecular complexity index is 1370. The van der Waals surface area contributed by atoms with E-state index in [2.05, 4.69) is 40.0 Å². The van der Waals surface area contributed by atoms with E-state index in [0.29, 0.717) is 26.9 Å². The van der Waals surface area contributed by atoms with Crippen LogP contribution in [0.1, 0.15) is 31.4 Å². The molecule has 1 aliphatic rings. The van der Waals surface area contributed by atoms with Crippen LogP contribution in [-0.4, -0.2) is 40.1 Å². The van der Waals surface area contributed by atoms with Crippen LogP contribution in [0.25, 0.3) is 11.6 Å². The predicted molar refractivity (Wildman–Crippen MR) is 137 cm³/mol. The van der Waals surface area contributed by atoms with E-state index >= 15 is 0 Å². The first kappa shape index (κ1) is 23.5. The molecule has 6 nitrogen and oxygen atoms in total. The number of thiazole rings is 1. The minimum atomic E-state index is -0.212. The second-order valence-electron chi connectivity index (χ2n) is 7.83. The number of hydrogen-bond acceptors (Lipinski definition) is 5. The number of amides is 1. The van der Waals surface area contributed by atoms with Crippen LogP contribution in [0.15, 0.2) is 51.7 Å². The molecule has 1 amide bonds. The van der Waals surface area contributed by atoms with Gasteiger partial charge < -0.3 is 15.3 Å². The summed E-state index contributed by atoms with van der Waals surface area (Å²) in [5.41, 5.74) is 2.44. The van der Waals surface area contributed by atoms with Gasteiger partial charge in [-0.2, -0.15) is 0 Å². The fourth-order valence-corrected chi connectivity index (χ4v) is 5.55. The van der Waals surface area contributed by atoms with Crippen molar-refractivity contribution < 1.29 is 9.90 Å². The van der Waals surface area contributed by atoms with E-state index in [4.69, 9.17) is 0 Å². The number of anilines is 1. The first-order valence-electron chi connectivity index (χ1n) is 11.0. The lowest BCUT2D eigenvalue weighted by Crippen LogP contribution is -2.34. The molecule has 0 saturated carbocycles. The molecule has 8 heteroatoms. The first-order chi connectivity index (χ1) is 15.9. The highest BCUT2D eigenvalue weighted by Crippen LogP contribution is 2.32. The molecule has 0 saturated heterocycles. The minimum Gasteiger partial charge on any atom is -0.507 e. The summed E-state index contributed by atoms with van der Waals surface area (Å²) in [6.07, 6.45) is 2.49. The lowest BCUT2D eigenvalue weighted by molar-refractivity contribution is -0.110. The van der Waals surface area contributed by atoms with Crippen LogP contribution < -0.4 is 20.1 Å². The zero-order valence-corrected chi connectivity index (χ0v) is 21.0. The van der Waals surface area contributed by atoms with Gasteiger partial charge in [0.1, 0.15) is 10.4 Å². The first-order valence-corrected chi connectivity index (χ1v) is 12.6. The lowest BCUT2D eigenvalue weighted by Gasteiger charge is -2.17. The van der Waals surface area contributed by atoms with Gasteiger partial charge in [0, 0.05) is 27.8 Å². The maximum atomic E-state index is 13.5. The van der Waals surface area contributed by atoms with Crippen LogP contribution in [0.5, 0.6) is 5.75 Å². The standard InChI is InChI=1S/C25H26BrN3O3S/c1-3-28(4-2)12-7-13-29-24(32)21(14-16-8-5-6-9-20(16)30)33-25(29)22-18-15-17(26)10-11-19(18)27-23(22)31/h5-6,8-11,14-15,30H,3-4,7,12-13H2,1-2H3,(H,27,31)/b21-14-,25-22+. The van der Waals surface area contributed by atoms with Crippen molar-refractivity contribution in [2.75, 3.05) is 25.0 Å². The van der Waals surface area contributed by atoms with Gasteiger partial charge >= 0.3 is 0 Å². The maximum Gasteiger partial charge on any atom is 0.269 e. The van der Waals surface area contributed by atoms with Crippen LogP contribution in [0, 0.1) is 0 Å². The molecule has 0 aliphatic carbocycles. The Kier molecular flexibility index (Phi) is 7.17. The second kappa shape index (κ2) is 10.1. The zero-order valence-electron chi connectivity index (χ0n) is 18.6. The van der Waals surface area contributed by atoms with Gasteiger partial charge in [-0.25, -0.2) is 0 Å². The van der Waals surface area contributed by atoms with E-state index in [9.17, 15) is 14.7 Å². The molecule has 3 aromatic rings. The molecule has 2 heterocycles. The molecule has 0 atom stereocenters. The van der Waals surface area contributed by atoms with Gasteiger partial charge in [-0.3, -0.25) is 14.2 Å². The fourth-order valence-electron chi connectivity index (χ4n) is 4.00. The van der Waals surface area contributed by atoms with Crippen LogP contribution in [-0.2, 0) is 11.3 Å². The van der Waals surface area contributed by atoms with Gasteiger partial charge in [-0.15, -0.1) is 11.3 Å². The lowest BCUT2D eigenvalue weighted by atomic mass is 10.1. The summed E-state index contributed by atoms with van der Waals surface area (Å²) in [6.45, 7) is 7.54. The molecular formula is C25H26BrN3O3S. The average molecular weight is 528 g/mol. The van der Waals surface area contributed by atoms with Gasteiger partial charge in [-0.1, -0.05) is 48.0 Å². The zero-order chi connectivity index (χ0) is 23.5. The molecule has 1 aliphatic heterocycles. The van der Waals surface area contributed by atoms with Gasteiger partial charge in [0.15, 0.2) is 0 Å². The number of para-hydroxylation sites is 1. The Balaban J connectivity index is 1.91. The highest BCUT2D eigenvalue weighted by atomic mass is 79.9. The number of rotatable bonds is 7. The summed E-state index contributed by atoms with van der Waals surface area (Å²) in [5.74, 6) is -0.101. The summed E-state index contributed by atoms with van der Waals surface area (Å²) >= 11 is 4.78. The van der Waals surface area contributed by atoms with Gasteiger partial charge in [-0.05, 0) is 56.4 Å². The molecule has 4 rings (SSSR count). The molecule has 0 fully saturated rings. The Hall–Kier alpha value is -2.68. The van der Waals surface area contributed by atoms with Crippen LogP contribution in [0.2, 0.25) is 0 Å². The van der Waals surface area contributed by atoms with Gasteiger partial charge in [0.05, 0.1) is 10.1 Å². The molecule has 33 heavy (non-hydrogen) atoms. The molecule has 172 valence electrons. The van der Waals surface area contributed by atoms with E-state index < -0.39 is 0 Å². The molecule has 2 N–H and O–H groups in total. The quantitative estimate of drug-likeness (QED) is 0.495. The van der Waals surface area contributed by atoms with E-state index in [1.54, 1.807) is 28.8 Å². The Morgan fingerprint density at radius 2 is 1.91 bits per heavy atom. The van der Waals surface area contributed by atoms with Crippen molar-refractivity contribution in [1.29, 1.82) is 0 Å². The van der Waals surface area contributed by atoms with Crippen molar-refractivity contribution in [1.82, 2.24) is 9.47 Å². The summed E-state index contributed by atoms with van der Waals surface area (Å²) in [5, 5.41) is 13.1. The molecule has 2 aromatic carbocycles. The smallest absolute Gasteiger partial charge is 0.269 e. The average Bonchev–Trinajstić information content (AvgIpc) is 3.28. The maximum absolute atomic E-state index is 13.5. The predicted octanol–water partition coefficient (Wildman–Crippen LogP) is 3.09. The van der Waals surface area contributed by atoms with Crippen molar-refractivity contribution in [3.8, 4) is 5.75 Å². The molecule has 1 aromatic heterocycles. The number of aromatic nitrogens is 1. The number of nitrogens with one attached hydrogen (secondary N) is 1. The van der Waals surface area contributed by atoms with Crippen LogP contribution in [0.3, 0.4) is 0 Å². The number of hydrogen-bond donors (Lipinski definition) is 2. The number of aromatic hydroxyl groups is 1. The monoisotopic (exact) mass is 527 g/mol. The van der Waals surface area contributed by atoms with Gasteiger partial charge in [0.2, 0.25) is 0 Å². The van der Waals surface area contributed by atoms with Crippen LogP contribution >= 0.6 is 27.3 Å². The van der Waals surface area contributed by atoms with E-state index in [1.165, 1.54) is 11.3 Å². The Labute approximate surface area is 204 Å². The van der Waals surface area contributed by atoms with Crippen LogP contribution in [0.4, 0.5) is 5.69 Å². The number of halogens is 1. The third-order valence-corrected chi connectivity index (χ3v) is 7.45. The number of carbonyl (C=O) groups is 1. The topological polar surface area (TPSA) is 74.6 Å². The van der Waals surface area contributed by atoms with Gasteiger partial charge in [0.25, 0.3) is 11.5 Å². The Morgan fingerprint density at radius 1 is 1.15 bits per heavy atom. The third kappa shape index (κ3) is 4.83. The third-order valence-electron chi connectivity index (χ3n) is 5.82. The van der Waals surface area contributed by atoms with Crippen molar-refractivity contribution in [2.24, 2.45) is 0 Å². The number of phenols is 1. The largest absolute Gasteiger partial charge is 0.507 e. The number of carbonyl (C=O) groups excluding carboxylic acids is 1. The van der Waals surface area contributed by atoms with Crippen molar-refractivity contribution in [2.45, 2.75) is 26.8 Å². The van der Waals surface area contributed by atoms with Crippen molar-refractivity contribution in [3.63, 3.8) is 0 Å². The van der Waals surface area contributed by atoms with E-state index in [0.717, 1.165) is 41.8 Å². The fraction of sp³-hybridized carbons (Fsp3) is 0.280. The molecular weight excluding hydrogens is 502 g/mol. The summed E-state index contributed by atoms with van der Waals surface area (Å²) in [7, 11) is 0. The molecule has 0 unspecified atom stereocenters. The summed E-state index contributed by atoms with van der Waals surface area (Å²) < 4.78 is 3.70. The highest BCUT2D eigenvalue weighted by Gasteiger charge is 2.27. The number of nitrogens with zero attached hydrogens (tertiary/aromatic N) is 2. The Morgan fingerprint density at radius 3 is 2.64 bits per heavy atom. The molecule has 0 bridgehead atoms. The van der Waals surface area contributed by atoms with E-state index in [-0.39, 0.29) is 17.2 Å². The minimum absolute atomic E-state index is 0.112. The second-order valence-corrected chi connectivity index (χ2v) is 9.78. The normalized spacial score (nSPS) is 15.3. The molecule has 0 radical (unpaired) electrons.